The van der Waals surface area contributed by atoms with E-state index in [1.165, 1.54) is 5.56 Å². The molecule has 0 unspecified atom stereocenters. The number of benzene rings is 1. The maximum atomic E-state index is 5.97. The predicted octanol–water partition coefficient (Wildman–Crippen LogP) is 2.67. The molecule has 2 aromatic rings. The smallest absolute Gasteiger partial charge is 0.110 e. The topological polar surface area (TPSA) is 45.0 Å². The highest BCUT2D eigenvalue weighted by molar-refractivity contribution is 5.73. The second-order valence-electron chi connectivity index (χ2n) is 3.68. The Hall–Kier alpha value is -1.90. The molecule has 0 aliphatic rings. The second-order valence-corrected chi connectivity index (χ2v) is 3.68. The second kappa shape index (κ2) is 3.69. The van der Waals surface area contributed by atoms with Gasteiger partial charge in [-0.05, 0) is 36.8 Å². The largest absolute Gasteiger partial charge is 0.397 e. The summed E-state index contributed by atoms with van der Waals surface area (Å²) >= 11 is 0. The van der Waals surface area contributed by atoms with E-state index in [0.29, 0.717) is 0 Å². The lowest BCUT2D eigenvalue weighted by molar-refractivity contribution is 1.15. The van der Waals surface area contributed by atoms with Crippen LogP contribution in [0.4, 0.5) is 17.2 Å². The van der Waals surface area contributed by atoms with Crippen molar-refractivity contribution < 1.29 is 0 Å². The van der Waals surface area contributed by atoms with Crippen LogP contribution in [-0.2, 0) is 0 Å². The zero-order valence-corrected chi connectivity index (χ0v) is 8.99. The summed E-state index contributed by atoms with van der Waals surface area (Å²) in [6.07, 6.45) is 1.90. The van der Waals surface area contributed by atoms with Crippen LogP contribution in [-0.4, -0.2) is 12.0 Å². The maximum absolute atomic E-state index is 5.97. The number of nitrogens with two attached hydrogens (primary N) is 1. The average molecular weight is 201 g/mol. The van der Waals surface area contributed by atoms with Crippen LogP contribution >= 0.6 is 0 Å². The fourth-order valence-corrected chi connectivity index (χ4v) is 1.64. The molecule has 0 bridgehead atoms. The SMILES string of the molecule is Cc1ccc(N(C)c2ccc[nH]2)c(N)c1. The number of nitrogens with zero attached hydrogens (tertiary/aromatic N) is 1. The van der Waals surface area contributed by atoms with Gasteiger partial charge in [-0.1, -0.05) is 6.07 Å². The molecule has 3 heteroatoms. The van der Waals surface area contributed by atoms with Crippen molar-refractivity contribution in [3.63, 3.8) is 0 Å². The van der Waals surface area contributed by atoms with Gasteiger partial charge in [-0.2, -0.15) is 0 Å². The van der Waals surface area contributed by atoms with Gasteiger partial charge in [-0.25, -0.2) is 0 Å². The molecule has 1 aromatic carbocycles. The van der Waals surface area contributed by atoms with E-state index < -0.39 is 0 Å². The fraction of sp³-hybridized carbons (Fsp3) is 0.167. The molecule has 0 aliphatic heterocycles. The molecule has 3 nitrogen and oxygen atoms in total. The Morgan fingerprint density at radius 1 is 1.27 bits per heavy atom. The number of aryl methyl sites for hydroxylation is 1. The van der Waals surface area contributed by atoms with E-state index in [9.17, 15) is 0 Å². The molecule has 0 fully saturated rings. The van der Waals surface area contributed by atoms with Crippen LogP contribution in [0, 0.1) is 6.92 Å². The lowest BCUT2D eigenvalue weighted by Gasteiger charge is -2.19. The summed E-state index contributed by atoms with van der Waals surface area (Å²) in [5.41, 5.74) is 8.96. The van der Waals surface area contributed by atoms with Crippen LogP contribution in [0.1, 0.15) is 5.56 Å². The minimum Gasteiger partial charge on any atom is -0.397 e. The summed E-state index contributed by atoms with van der Waals surface area (Å²) in [6.45, 7) is 2.04. The highest BCUT2D eigenvalue weighted by Crippen LogP contribution is 2.28. The number of nitrogen functional groups attached to an aromatic ring is 1. The Labute approximate surface area is 89.5 Å². The summed E-state index contributed by atoms with van der Waals surface area (Å²) in [5.74, 6) is 1.03. The third-order valence-electron chi connectivity index (χ3n) is 2.49. The molecule has 2 rings (SSSR count). The summed E-state index contributed by atoms with van der Waals surface area (Å²) < 4.78 is 0. The summed E-state index contributed by atoms with van der Waals surface area (Å²) in [7, 11) is 1.99. The Morgan fingerprint density at radius 3 is 2.67 bits per heavy atom. The highest BCUT2D eigenvalue weighted by Gasteiger charge is 2.07. The van der Waals surface area contributed by atoms with Gasteiger partial charge >= 0.3 is 0 Å². The first kappa shape index (κ1) is 9.65. The van der Waals surface area contributed by atoms with E-state index in [1.54, 1.807) is 0 Å². The molecule has 0 aliphatic carbocycles. The van der Waals surface area contributed by atoms with Crippen molar-refractivity contribution in [1.82, 2.24) is 4.98 Å². The third kappa shape index (κ3) is 1.81. The standard InChI is InChI=1S/C12H15N3/c1-9-5-6-11(10(13)8-9)15(2)12-4-3-7-14-12/h3-8,14H,13H2,1-2H3. The van der Waals surface area contributed by atoms with Gasteiger partial charge in [0.25, 0.3) is 0 Å². The molecule has 1 heterocycles. The van der Waals surface area contributed by atoms with Crippen molar-refractivity contribution in [3.8, 4) is 0 Å². The number of H-pyrrole nitrogens is 1. The predicted molar refractivity (Wildman–Crippen MR) is 64.4 cm³/mol. The summed E-state index contributed by atoms with van der Waals surface area (Å²) in [4.78, 5) is 5.18. The van der Waals surface area contributed by atoms with E-state index in [-0.39, 0.29) is 0 Å². The lowest BCUT2D eigenvalue weighted by atomic mass is 10.2. The maximum Gasteiger partial charge on any atom is 0.110 e. The zero-order valence-electron chi connectivity index (χ0n) is 8.99. The molecule has 15 heavy (non-hydrogen) atoms. The first-order valence-electron chi connectivity index (χ1n) is 4.92. The van der Waals surface area contributed by atoms with Gasteiger partial charge in [0.15, 0.2) is 0 Å². The molecule has 0 saturated heterocycles. The summed E-state index contributed by atoms with van der Waals surface area (Å²) in [5, 5.41) is 0. The summed E-state index contributed by atoms with van der Waals surface area (Å²) in [6, 6.07) is 10.1. The zero-order chi connectivity index (χ0) is 10.8. The molecular weight excluding hydrogens is 186 g/mol. The monoisotopic (exact) mass is 201 g/mol. The first-order chi connectivity index (χ1) is 7.18. The van der Waals surface area contributed by atoms with Gasteiger partial charge in [0.2, 0.25) is 0 Å². The van der Waals surface area contributed by atoms with Crippen LogP contribution in [0.2, 0.25) is 0 Å². The van der Waals surface area contributed by atoms with Gasteiger partial charge < -0.3 is 15.6 Å². The van der Waals surface area contributed by atoms with E-state index >= 15 is 0 Å². The number of hydrogen-bond donors (Lipinski definition) is 2. The number of nitrogens with one attached hydrogen (secondary N) is 1. The Bertz CT molecular complexity index is 446. The Morgan fingerprint density at radius 2 is 2.07 bits per heavy atom. The van der Waals surface area contributed by atoms with Crippen molar-refractivity contribution in [3.05, 3.63) is 42.1 Å². The number of aromatic amines is 1. The molecule has 0 saturated carbocycles. The van der Waals surface area contributed by atoms with Crippen LogP contribution in [0.5, 0.6) is 0 Å². The van der Waals surface area contributed by atoms with Crippen molar-refractivity contribution >= 4 is 17.2 Å². The molecule has 3 N–H and O–H groups in total. The number of aromatic nitrogens is 1. The first-order valence-corrected chi connectivity index (χ1v) is 4.92. The number of rotatable bonds is 2. The van der Waals surface area contributed by atoms with Crippen LogP contribution in [0.25, 0.3) is 0 Å². The van der Waals surface area contributed by atoms with E-state index in [4.69, 9.17) is 5.73 Å². The van der Waals surface area contributed by atoms with Crippen LogP contribution in [0.3, 0.4) is 0 Å². The molecular formula is C12H15N3. The molecule has 0 radical (unpaired) electrons. The molecule has 1 aromatic heterocycles. The number of anilines is 3. The van der Waals surface area contributed by atoms with Crippen molar-refractivity contribution in [2.75, 3.05) is 17.7 Å². The van der Waals surface area contributed by atoms with E-state index in [2.05, 4.69) is 11.1 Å². The quantitative estimate of drug-likeness (QED) is 0.734. The van der Waals surface area contributed by atoms with Crippen LogP contribution < -0.4 is 10.6 Å². The molecule has 0 atom stereocenters. The lowest BCUT2D eigenvalue weighted by Crippen LogP contribution is -2.11. The molecule has 0 spiro atoms. The number of hydrogen-bond acceptors (Lipinski definition) is 2. The Kier molecular flexibility index (Phi) is 2.37. The molecule has 78 valence electrons. The van der Waals surface area contributed by atoms with Gasteiger partial charge in [0.1, 0.15) is 5.82 Å². The van der Waals surface area contributed by atoms with E-state index in [0.717, 1.165) is 17.2 Å². The Balaban J connectivity index is 2.38. The minimum absolute atomic E-state index is 0.798. The highest BCUT2D eigenvalue weighted by atomic mass is 15.2. The van der Waals surface area contributed by atoms with Gasteiger partial charge in [0.05, 0.1) is 11.4 Å². The normalized spacial score (nSPS) is 10.3. The van der Waals surface area contributed by atoms with Gasteiger partial charge in [0, 0.05) is 13.2 Å². The van der Waals surface area contributed by atoms with Gasteiger partial charge in [-0.15, -0.1) is 0 Å². The van der Waals surface area contributed by atoms with Crippen molar-refractivity contribution in [2.45, 2.75) is 6.92 Å². The van der Waals surface area contributed by atoms with Crippen LogP contribution in [0.15, 0.2) is 36.5 Å². The average Bonchev–Trinajstić information content (AvgIpc) is 2.69. The minimum atomic E-state index is 0.798. The van der Waals surface area contributed by atoms with E-state index in [1.807, 2.05) is 49.3 Å². The third-order valence-corrected chi connectivity index (χ3v) is 2.49. The van der Waals surface area contributed by atoms with Crippen molar-refractivity contribution in [1.29, 1.82) is 0 Å². The molecule has 0 amide bonds. The van der Waals surface area contributed by atoms with Crippen molar-refractivity contribution in [2.24, 2.45) is 0 Å². The fourth-order valence-electron chi connectivity index (χ4n) is 1.64. The van der Waals surface area contributed by atoms with Gasteiger partial charge in [-0.3, -0.25) is 0 Å².